The Kier molecular flexibility index (Phi) is 10.6. The van der Waals surface area contributed by atoms with Crippen molar-refractivity contribution in [1.82, 2.24) is 0 Å². The van der Waals surface area contributed by atoms with Crippen molar-refractivity contribution in [1.29, 1.82) is 0 Å². The van der Waals surface area contributed by atoms with Gasteiger partial charge < -0.3 is 10.1 Å². The Morgan fingerprint density at radius 3 is 2.20 bits per heavy atom. The molecule has 0 atom stereocenters. The molecule has 0 aliphatic carbocycles. The SMILES string of the molecule is CCCCCCCCCCC(=O)Nc1scc(-c2ccc(C)cc2)c1C(=O)OCC. The Morgan fingerprint density at radius 2 is 1.57 bits per heavy atom. The summed E-state index contributed by atoms with van der Waals surface area (Å²) in [5.74, 6) is -0.430. The summed E-state index contributed by atoms with van der Waals surface area (Å²) in [6, 6.07) is 8.02. The molecule has 1 N–H and O–H groups in total. The number of carbonyl (C=O) groups is 2. The van der Waals surface area contributed by atoms with Crippen molar-refractivity contribution in [3.63, 3.8) is 0 Å². The van der Waals surface area contributed by atoms with Gasteiger partial charge in [0.1, 0.15) is 10.6 Å². The predicted molar refractivity (Wildman–Crippen MR) is 126 cm³/mol. The van der Waals surface area contributed by atoms with Crippen LogP contribution in [0.1, 0.15) is 87.6 Å². The van der Waals surface area contributed by atoms with Crippen LogP contribution in [-0.4, -0.2) is 18.5 Å². The van der Waals surface area contributed by atoms with Crippen molar-refractivity contribution in [2.75, 3.05) is 11.9 Å². The molecule has 0 aliphatic rings. The molecule has 1 amide bonds. The third kappa shape index (κ3) is 7.60. The second-order valence-electron chi connectivity index (χ2n) is 7.71. The lowest BCUT2D eigenvalue weighted by Crippen LogP contribution is -2.14. The lowest BCUT2D eigenvalue weighted by Gasteiger charge is -2.09. The molecule has 30 heavy (non-hydrogen) atoms. The van der Waals surface area contributed by atoms with Gasteiger partial charge in [-0.1, -0.05) is 81.7 Å². The number of hydrogen-bond acceptors (Lipinski definition) is 4. The van der Waals surface area contributed by atoms with Gasteiger partial charge in [0, 0.05) is 17.4 Å². The van der Waals surface area contributed by atoms with Gasteiger partial charge in [0.2, 0.25) is 5.91 Å². The van der Waals surface area contributed by atoms with Gasteiger partial charge in [-0.25, -0.2) is 4.79 Å². The van der Waals surface area contributed by atoms with E-state index in [0.717, 1.165) is 29.5 Å². The number of aryl methyl sites for hydroxylation is 1. The maximum absolute atomic E-state index is 12.6. The smallest absolute Gasteiger partial charge is 0.341 e. The molecule has 1 aromatic heterocycles. The van der Waals surface area contributed by atoms with Crippen LogP contribution in [-0.2, 0) is 9.53 Å². The van der Waals surface area contributed by atoms with E-state index in [1.807, 2.05) is 36.6 Å². The number of rotatable bonds is 13. The zero-order valence-electron chi connectivity index (χ0n) is 18.6. The fraction of sp³-hybridized carbons (Fsp3) is 0.520. The maximum atomic E-state index is 12.6. The number of ether oxygens (including phenoxy) is 1. The molecule has 4 nitrogen and oxygen atoms in total. The molecule has 1 heterocycles. The van der Waals surface area contributed by atoms with Gasteiger partial charge in [0.05, 0.1) is 6.61 Å². The molecule has 0 unspecified atom stereocenters. The Balaban J connectivity index is 1.95. The first-order valence-electron chi connectivity index (χ1n) is 11.2. The van der Waals surface area contributed by atoms with Crippen LogP contribution in [0.5, 0.6) is 0 Å². The summed E-state index contributed by atoms with van der Waals surface area (Å²) in [6.07, 6.45) is 10.1. The third-order valence-electron chi connectivity index (χ3n) is 5.14. The van der Waals surface area contributed by atoms with Crippen LogP contribution in [0.2, 0.25) is 0 Å². The maximum Gasteiger partial charge on any atom is 0.341 e. The molecule has 0 saturated heterocycles. The summed E-state index contributed by atoms with van der Waals surface area (Å²) >= 11 is 1.38. The van der Waals surface area contributed by atoms with Crippen LogP contribution in [0.4, 0.5) is 5.00 Å². The Bertz CT molecular complexity index is 795. The molecule has 0 aliphatic heterocycles. The molecular formula is C25H35NO3S. The lowest BCUT2D eigenvalue weighted by atomic mass is 10.0. The largest absolute Gasteiger partial charge is 0.462 e. The van der Waals surface area contributed by atoms with E-state index in [4.69, 9.17) is 4.74 Å². The molecular weight excluding hydrogens is 394 g/mol. The molecule has 5 heteroatoms. The lowest BCUT2D eigenvalue weighted by molar-refractivity contribution is -0.116. The fourth-order valence-electron chi connectivity index (χ4n) is 3.41. The van der Waals surface area contributed by atoms with Crippen molar-refractivity contribution in [2.45, 2.75) is 78.6 Å². The third-order valence-corrected chi connectivity index (χ3v) is 6.04. The minimum atomic E-state index is -0.392. The second kappa shape index (κ2) is 13.2. The molecule has 0 fully saturated rings. The first-order valence-corrected chi connectivity index (χ1v) is 12.1. The van der Waals surface area contributed by atoms with Gasteiger partial charge in [-0.15, -0.1) is 11.3 Å². The number of benzene rings is 1. The van der Waals surface area contributed by atoms with E-state index in [9.17, 15) is 9.59 Å². The highest BCUT2D eigenvalue weighted by molar-refractivity contribution is 7.15. The fourth-order valence-corrected chi connectivity index (χ4v) is 4.38. The number of amides is 1. The van der Waals surface area contributed by atoms with Crippen molar-refractivity contribution in [3.05, 3.63) is 40.8 Å². The van der Waals surface area contributed by atoms with Gasteiger partial charge in [0.15, 0.2) is 0 Å². The number of carbonyl (C=O) groups excluding carboxylic acids is 2. The average Bonchev–Trinajstić information content (AvgIpc) is 3.14. The standard InChI is InChI=1S/C25H35NO3S/c1-4-6-7-8-9-10-11-12-13-22(27)26-24-23(25(28)29-5-2)21(18-30-24)20-16-14-19(3)15-17-20/h14-18H,4-13H2,1-3H3,(H,26,27). The van der Waals surface area contributed by atoms with Gasteiger partial charge >= 0.3 is 5.97 Å². The average molecular weight is 430 g/mol. The number of unbranched alkanes of at least 4 members (excludes halogenated alkanes) is 7. The summed E-state index contributed by atoms with van der Waals surface area (Å²) in [7, 11) is 0. The van der Waals surface area contributed by atoms with Crippen LogP contribution in [0.25, 0.3) is 11.1 Å². The first-order chi connectivity index (χ1) is 14.6. The highest BCUT2D eigenvalue weighted by Crippen LogP contribution is 2.36. The Labute approximate surface area is 185 Å². The van der Waals surface area contributed by atoms with E-state index < -0.39 is 5.97 Å². The summed E-state index contributed by atoms with van der Waals surface area (Å²) < 4.78 is 5.26. The number of esters is 1. The van der Waals surface area contributed by atoms with Crippen LogP contribution in [0, 0.1) is 6.92 Å². The highest BCUT2D eigenvalue weighted by Gasteiger charge is 2.22. The minimum Gasteiger partial charge on any atom is -0.462 e. The van der Waals surface area contributed by atoms with E-state index in [-0.39, 0.29) is 5.91 Å². The van der Waals surface area contributed by atoms with Crippen molar-refractivity contribution >= 4 is 28.2 Å². The molecule has 2 aromatic rings. The summed E-state index contributed by atoms with van der Waals surface area (Å²) in [5, 5.41) is 5.45. The van der Waals surface area contributed by atoms with Crippen LogP contribution < -0.4 is 5.32 Å². The summed E-state index contributed by atoms with van der Waals surface area (Å²) in [6.45, 7) is 6.34. The van der Waals surface area contributed by atoms with E-state index in [1.54, 1.807) is 6.92 Å². The normalized spacial score (nSPS) is 10.8. The van der Waals surface area contributed by atoms with E-state index in [0.29, 0.717) is 23.6 Å². The van der Waals surface area contributed by atoms with Gasteiger partial charge in [-0.3, -0.25) is 4.79 Å². The number of anilines is 1. The molecule has 2 rings (SSSR count). The molecule has 0 spiro atoms. The van der Waals surface area contributed by atoms with Crippen LogP contribution >= 0.6 is 11.3 Å². The molecule has 0 saturated carbocycles. The zero-order valence-corrected chi connectivity index (χ0v) is 19.4. The van der Waals surface area contributed by atoms with Crippen LogP contribution in [0.3, 0.4) is 0 Å². The van der Waals surface area contributed by atoms with Gasteiger partial charge in [-0.05, 0) is 25.8 Å². The van der Waals surface area contributed by atoms with E-state index in [2.05, 4.69) is 12.2 Å². The van der Waals surface area contributed by atoms with Gasteiger partial charge in [-0.2, -0.15) is 0 Å². The van der Waals surface area contributed by atoms with Crippen molar-refractivity contribution in [3.8, 4) is 11.1 Å². The number of nitrogens with one attached hydrogen (secondary N) is 1. The first kappa shape index (κ1) is 24.1. The summed E-state index contributed by atoms with van der Waals surface area (Å²) in [4.78, 5) is 25.1. The van der Waals surface area contributed by atoms with Crippen molar-refractivity contribution < 1.29 is 14.3 Å². The molecule has 164 valence electrons. The van der Waals surface area contributed by atoms with Crippen LogP contribution in [0.15, 0.2) is 29.6 Å². The Hall–Kier alpha value is -2.14. The van der Waals surface area contributed by atoms with Crippen molar-refractivity contribution in [2.24, 2.45) is 0 Å². The molecule has 1 aromatic carbocycles. The minimum absolute atomic E-state index is 0.0381. The monoisotopic (exact) mass is 429 g/mol. The molecule has 0 bridgehead atoms. The predicted octanol–water partition coefficient (Wildman–Crippen LogP) is 7.37. The van der Waals surface area contributed by atoms with E-state index >= 15 is 0 Å². The van der Waals surface area contributed by atoms with Gasteiger partial charge in [0.25, 0.3) is 0 Å². The molecule has 0 radical (unpaired) electrons. The number of hydrogen-bond donors (Lipinski definition) is 1. The number of thiophene rings is 1. The highest BCUT2D eigenvalue weighted by atomic mass is 32.1. The van der Waals surface area contributed by atoms with E-state index in [1.165, 1.54) is 49.9 Å². The quantitative estimate of drug-likeness (QED) is 0.267. The Morgan fingerprint density at radius 1 is 0.933 bits per heavy atom. The second-order valence-corrected chi connectivity index (χ2v) is 8.59. The summed E-state index contributed by atoms with van der Waals surface area (Å²) in [5.41, 5.74) is 3.37. The topological polar surface area (TPSA) is 55.4 Å². The zero-order chi connectivity index (χ0) is 21.8.